The van der Waals surface area contributed by atoms with Crippen molar-refractivity contribution >= 4 is 23.0 Å². The van der Waals surface area contributed by atoms with Crippen molar-refractivity contribution in [1.82, 2.24) is 4.98 Å². The summed E-state index contributed by atoms with van der Waals surface area (Å²) in [7, 11) is 1.30. The van der Waals surface area contributed by atoms with Gasteiger partial charge >= 0.3 is 5.97 Å². The minimum absolute atomic E-state index is 0.0218. The van der Waals surface area contributed by atoms with Crippen molar-refractivity contribution in [3.63, 3.8) is 0 Å². The first-order valence-electron chi connectivity index (χ1n) is 5.35. The lowest BCUT2D eigenvalue weighted by atomic mass is 9.99. The Balaban J connectivity index is 2.39. The number of nitro benzene ring substituents is 1. The van der Waals surface area contributed by atoms with Crippen LogP contribution >= 0.6 is 11.3 Å². The van der Waals surface area contributed by atoms with Gasteiger partial charge in [-0.05, 0) is 5.56 Å². The van der Waals surface area contributed by atoms with E-state index >= 15 is 0 Å². The first-order valence-corrected chi connectivity index (χ1v) is 6.23. The van der Waals surface area contributed by atoms with Crippen LogP contribution < -0.4 is 0 Å². The molecule has 1 atom stereocenters. The number of nitro groups is 1. The van der Waals surface area contributed by atoms with Crippen LogP contribution in [0.15, 0.2) is 35.8 Å². The summed E-state index contributed by atoms with van der Waals surface area (Å²) in [4.78, 5) is 26.1. The van der Waals surface area contributed by atoms with Crippen LogP contribution in [0.3, 0.4) is 0 Å². The Morgan fingerprint density at radius 2 is 2.11 bits per heavy atom. The van der Waals surface area contributed by atoms with E-state index in [1.807, 2.05) is 0 Å². The summed E-state index contributed by atoms with van der Waals surface area (Å²) in [5.41, 5.74) is 0.596. The maximum absolute atomic E-state index is 11.8. The SMILES string of the molecule is COC(=O)C(c1ccc([N+](=O)[O-])cc1)c1nccs1. The monoisotopic (exact) mass is 278 g/mol. The van der Waals surface area contributed by atoms with Gasteiger partial charge in [0.15, 0.2) is 0 Å². The van der Waals surface area contributed by atoms with Gasteiger partial charge in [-0.2, -0.15) is 0 Å². The second-order valence-electron chi connectivity index (χ2n) is 3.68. The van der Waals surface area contributed by atoms with Gasteiger partial charge in [-0.15, -0.1) is 11.3 Å². The number of aromatic nitrogens is 1. The summed E-state index contributed by atoms with van der Waals surface area (Å²) in [5.74, 6) is -1.09. The van der Waals surface area contributed by atoms with Gasteiger partial charge in [0.1, 0.15) is 10.9 Å². The van der Waals surface area contributed by atoms with E-state index < -0.39 is 16.8 Å². The van der Waals surface area contributed by atoms with Crippen LogP contribution in [-0.2, 0) is 9.53 Å². The Morgan fingerprint density at radius 1 is 1.42 bits per heavy atom. The molecule has 19 heavy (non-hydrogen) atoms. The van der Waals surface area contributed by atoms with Crippen molar-refractivity contribution in [2.45, 2.75) is 5.92 Å². The molecule has 6 nitrogen and oxygen atoms in total. The van der Waals surface area contributed by atoms with E-state index in [2.05, 4.69) is 4.98 Å². The summed E-state index contributed by atoms with van der Waals surface area (Å²) in [6.45, 7) is 0. The largest absolute Gasteiger partial charge is 0.468 e. The molecule has 1 aromatic carbocycles. The van der Waals surface area contributed by atoms with Gasteiger partial charge in [-0.25, -0.2) is 4.98 Å². The van der Waals surface area contributed by atoms with Crippen molar-refractivity contribution in [1.29, 1.82) is 0 Å². The number of rotatable bonds is 4. The normalized spacial score (nSPS) is 11.8. The lowest BCUT2D eigenvalue weighted by Crippen LogP contribution is -2.15. The van der Waals surface area contributed by atoms with Crippen molar-refractivity contribution in [3.8, 4) is 0 Å². The summed E-state index contributed by atoms with van der Waals surface area (Å²) in [5, 5.41) is 13.0. The van der Waals surface area contributed by atoms with Gasteiger partial charge in [-0.3, -0.25) is 14.9 Å². The van der Waals surface area contributed by atoms with E-state index in [1.165, 1.54) is 30.6 Å². The Morgan fingerprint density at radius 3 is 2.58 bits per heavy atom. The highest BCUT2D eigenvalue weighted by Gasteiger charge is 2.26. The predicted molar refractivity (Wildman–Crippen MR) is 69.1 cm³/mol. The van der Waals surface area contributed by atoms with E-state index in [9.17, 15) is 14.9 Å². The smallest absolute Gasteiger partial charge is 0.320 e. The van der Waals surface area contributed by atoms with Crippen molar-refractivity contribution in [3.05, 3.63) is 56.5 Å². The fourth-order valence-corrected chi connectivity index (χ4v) is 2.41. The molecule has 0 amide bonds. The number of benzene rings is 1. The molecule has 1 aromatic heterocycles. The molecule has 0 N–H and O–H groups in total. The Hall–Kier alpha value is -2.28. The minimum Gasteiger partial charge on any atom is -0.468 e. The number of ether oxygens (including phenoxy) is 1. The Labute approximate surface area is 112 Å². The Kier molecular flexibility index (Phi) is 3.86. The van der Waals surface area contributed by atoms with Crippen LogP contribution in [0.2, 0.25) is 0 Å². The molecule has 2 rings (SSSR count). The second-order valence-corrected chi connectivity index (χ2v) is 4.60. The number of carbonyl (C=O) groups excluding carboxylic acids is 1. The first kappa shape index (κ1) is 13.2. The van der Waals surface area contributed by atoms with Gasteiger partial charge in [0, 0.05) is 23.7 Å². The van der Waals surface area contributed by atoms with E-state index in [-0.39, 0.29) is 5.69 Å². The fraction of sp³-hybridized carbons (Fsp3) is 0.167. The molecule has 0 fully saturated rings. The highest BCUT2D eigenvalue weighted by atomic mass is 32.1. The standard InChI is InChI=1S/C12H10N2O4S/c1-18-12(15)10(11-13-6-7-19-11)8-2-4-9(5-3-8)14(16)17/h2-7,10H,1H3. The van der Waals surface area contributed by atoms with E-state index in [4.69, 9.17) is 4.74 Å². The molecule has 0 aliphatic heterocycles. The molecule has 7 heteroatoms. The van der Waals surface area contributed by atoms with Crippen LogP contribution in [-0.4, -0.2) is 23.0 Å². The minimum atomic E-state index is -0.647. The number of methoxy groups -OCH3 is 1. The average molecular weight is 278 g/mol. The fourth-order valence-electron chi connectivity index (χ4n) is 1.66. The molecule has 98 valence electrons. The molecule has 0 aliphatic rings. The number of hydrogen-bond donors (Lipinski definition) is 0. The molecule has 1 unspecified atom stereocenters. The third-order valence-electron chi connectivity index (χ3n) is 2.57. The zero-order chi connectivity index (χ0) is 13.8. The lowest BCUT2D eigenvalue weighted by molar-refractivity contribution is -0.384. The molecule has 0 saturated heterocycles. The Bertz CT molecular complexity index is 580. The molecule has 2 aromatic rings. The van der Waals surface area contributed by atoms with Crippen molar-refractivity contribution < 1.29 is 14.5 Å². The van der Waals surface area contributed by atoms with Crippen LogP contribution in [0.4, 0.5) is 5.69 Å². The van der Waals surface area contributed by atoms with Crippen molar-refractivity contribution in [2.75, 3.05) is 7.11 Å². The maximum Gasteiger partial charge on any atom is 0.320 e. The third kappa shape index (κ3) is 2.76. The molecular weight excluding hydrogens is 268 g/mol. The molecule has 0 radical (unpaired) electrons. The van der Waals surface area contributed by atoms with Crippen LogP contribution in [0.1, 0.15) is 16.5 Å². The number of carbonyl (C=O) groups is 1. The maximum atomic E-state index is 11.8. The van der Waals surface area contributed by atoms with Crippen LogP contribution in [0.5, 0.6) is 0 Å². The predicted octanol–water partition coefficient (Wildman–Crippen LogP) is 2.36. The lowest BCUT2D eigenvalue weighted by Gasteiger charge is -2.12. The molecular formula is C12H10N2O4S. The molecule has 0 saturated carbocycles. The number of nitrogens with zero attached hydrogens (tertiary/aromatic N) is 2. The average Bonchev–Trinajstić information content (AvgIpc) is 2.93. The molecule has 1 heterocycles. The van der Waals surface area contributed by atoms with Crippen molar-refractivity contribution in [2.24, 2.45) is 0 Å². The number of thiazole rings is 1. The number of non-ortho nitro benzene ring substituents is 1. The quantitative estimate of drug-likeness (QED) is 0.487. The highest BCUT2D eigenvalue weighted by molar-refractivity contribution is 7.09. The zero-order valence-electron chi connectivity index (χ0n) is 9.98. The van der Waals surface area contributed by atoms with E-state index in [1.54, 1.807) is 23.7 Å². The van der Waals surface area contributed by atoms with Gasteiger partial charge in [0.2, 0.25) is 0 Å². The van der Waals surface area contributed by atoms with Gasteiger partial charge in [-0.1, -0.05) is 12.1 Å². The van der Waals surface area contributed by atoms with Gasteiger partial charge < -0.3 is 4.74 Å². The summed E-state index contributed by atoms with van der Waals surface area (Å²) in [6.07, 6.45) is 1.60. The van der Waals surface area contributed by atoms with Crippen LogP contribution in [0, 0.1) is 10.1 Å². The molecule has 0 spiro atoms. The number of esters is 1. The van der Waals surface area contributed by atoms with Crippen LogP contribution in [0.25, 0.3) is 0 Å². The number of hydrogen-bond acceptors (Lipinski definition) is 6. The second kappa shape index (κ2) is 5.57. The van der Waals surface area contributed by atoms with E-state index in [0.717, 1.165) is 0 Å². The summed E-state index contributed by atoms with van der Waals surface area (Å²) >= 11 is 1.33. The first-order chi connectivity index (χ1) is 9.13. The highest BCUT2D eigenvalue weighted by Crippen LogP contribution is 2.28. The molecule has 0 aliphatic carbocycles. The van der Waals surface area contributed by atoms with Gasteiger partial charge in [0.05, 0.1) is 12.0 Å². The zero-order valence-corrected chi connectivity index (χ0v) is 10.8. The van der Waals surface area contributed by atoms with E-state index in [0.29, 0.717) is 10.6 Å². The third-order valence-corrected chi connectivity index (χ3v) is 3.41. The summed E-state index contributed by atoms with van der Waals surface area (Å²) < 4.78 is 4.76. The summed E-state index contributed by atoms with van der Waals surface area (Å²) in [6, 6.07) is 5.81. The van der Waals surface area contributed by atoms with Gasteiger partial charge in [0.25, 0.3) is 5.69 Å². The topological polar surface area (TPSA) is 82.3 Å². The molecule has 0 bridgehead atoms.